The first-order valence-corrected chi connectivity index (χ1v) is 4.92. The molecule has 0 bridgehead atoms. The van der Waals surface area contributed by atoms with Crippen molar-refractivity contribution in [3.63, 3.8) is 0 Å². The highest BCUT2D eigenvalue weighted by Gasteiger charge is 2.04. The van der Waals surface area contributed by atoms with Gasteiger partial charge in [-0.2, -0.15) is 0 Å². The molecular weight excluding hydrogens is 174 g/mol. The van der Waals surface area contributed by atoms with Crippen LogP contribution in [0.3, 0.4) is 0 Å². The largest absolute Gasteiger partial charge is 0.378 e. The zero-order valence-corrected chi connectivity index (χ0v) is 8.15. The summed E-state index contributed by atoms with van der Waals surface area (Å²) in [5.74, 6) is 0. The fourth-order valence-electron chi connectivity index (χ4n) is 1.41. The molecule has 0 spiro atoms. The van der Waals surface area contributed by atoms with Crippen molar-refractivity contribution in [3.05, 3.63) is 42.1 Å². The lowest BCUT2D eigenvalue weighted by Gasteiger charge is -2.24. The van der Waals surface area contributed by atoms with E-state index in [1.54, 1.807) is 0 Å². The Hall–Kier alpha value is -1.28. The van der Waals surface area contributed by atoms with E-state index in [0.717, 1.165) is 31.9 Å². The summed E-state index contributed by atoms with van der Waals surface area (Å²) >= 11 is 0. The van der Waals surface area contributed by atoms with Gasteiger partial charge in [0.25, 0.3) is 0 Å². The number of ether oxygens (including phenoxy) is 1. The van der Waals surface area contributed by atoms with Crippen LogP contribution < -0.4 is 0 Å². The molecule has 0 atom stereocenters. The van der Waals surface area contributed by atoms with E-state index in [0.29, 0.717) is 6.05 Å². The molecule has 0 radical (unpaired) electrons. The van der Waals surface area contributed by atoms with Crippen LogP contribution in [0.15, 0.2) is 36.5 Å². The SMILES string of the molecule is [2H]/C(=C\N1CCOCC1)c1ccccc1. The van der Waals surface area contributed by atoms with Crippen LogP contribution in [0, 0.1) is 0 Å². The zero-order chi connectivity index (χ0) is 10.5. The number of benzene rings is 1. The van der Waals surface area contributed by atoms with Gasteiger partial charge in [-0.3, -0.25) is 0 Å². The van der Waals surface area contributed by atoms with Crippen molar-refractivity contribution in [2.75, 3.05) is 26.3 Å². The van der Waals surface area contributed by atoms with Gasteiger partial charge in [-0.15, -0.1) is 0 Å². The van der Waals surface area contributed by atoms with Crippen LogP contribution in [-0.2, 0) is 4.74 Å². The maximum atomic E-state index is 7.93. The number of nitrogens with zero attached hydrogens (tertiary/aromatic N) is 1. The minimum absolute atomic E-state index is 0.567. The Kier molecular flexibility index (Phi) is 2.77. The van der Waals surface area contributed by atoms with E-state index in [9.17, 15) is 0 Å². The van der Waals surface area contributed by atoms with Crippen molar-refractivity contribution in [2.24, 2.45) is 0 Å². The zero-order valence-electron chi connectivity index (χ0n) is 9.15. The minimum Gasteiger partial charge on any atom is -0.378 e. The topological polar surface area (TPSA) is 12.5 Å². The van der Waals surface area contributed by atoms with Gasteiger partial charge < -0.3 is 9.64 Å². The van der Waals surface area contributed by atoms with E-state index in [2.05, 4.69) is 4.90 Å². The summed E-state index contributed by atoms with van der Waals surface area (Å²) in [6, 6.07) is 10.4. The van der Waals surface area contributed by atoms with E-state index in [4.69, 9.17) is 6.11 Å². The Morgan fingerprint density at radius 2 is 1.93 bits per heavy atom. The Bertz CT molecular complexity index is 331. The van der Waals surface area contributed by atoms with Crippen molar-refractivity contribution >= 4 is 6.05 Å². The lowest BCUT2D eigenvalue weighted by molar-refractivity contribution is 0.0597. The molecule has 0 unspecified atom stereocenters. The van der Waals surface area contributed by atoms with Crippen LogP contribution in [0.25, 0.3) is 6.05 Å². The standard InChI is InChI=1S/C12H15NO/c1-2-4-12(5-3-1)6-7-13-8-10-14-11-9-13/h1-7H,8-11H2/b7-6+/i6D. The summed E-state index contributed by atoms with van der Waals surface area (Å²) < 4.78 is 13.2. The summed E-state index contributed by atoms with van der Waals surface area (Å²) in [5.41, 5.74) is 0.962. The van der Waals surface area contributed by atoms with Gasteiger partial charge in [0.1, 0.15) is 0 Å². The van der Waals surface area contributed by atoms with E-state index >= 15 is 0 Å². The monoisotopic (exact) mass is 190 g/mol. The molecule has 0 aliphatic carbocycles. The van der Waals surface area contributed by atoms with E-state index in [1.165, 1.54) is 0 Å². The Balaban J connectivity index is 2.06. The molecule has 74 valence electrons. The van der Waals surface area contributed by atoms with Gasteiger partial charge in [0.05, 0.1) is 14.6 Å². The fraction of sp³-hybridized carbons (Fsp3) is 0.333. The smallest absolute Gasteiger partial charge is 0.0644 e. The van der Waals surface area contributed by atoms with Crippen molar-refractivity contribution in [1.29, 1.82) is 0 Å². The highest BCUT2D eigenvalue weighted by molar-refractivity contribution is 5.48. The van der Waals surface area contributed by atoms with Crippen LogP contribution in [0.1, 0.15) is 6.93 Å². The molecular formula is C12H15NO. The van der Waals surface area contributed by atoms with Crippen molar-refractivity contribution < 1.29 is 6.11 Å². The summed E-state index contributed by atoms with van der Waals surface area (Å²) in [6.07, 6.45) is 1.90. The molecule has 1 aliphatic rings. The quantitative estimate of drug-likeness (QED) is 0.707. The average molecular weight is 190 g/mol. The molecule has 1 aliphatic heterocycles. The normalized spacial score (nSPS) is 19.3. The van der Waals surface area contributed by atoms with Gasteiger partial charge in [0, 0.05) is 13.1 Å². The van der Waals surface area contributed by atoms with E-state index in [-0.39, 0.29) is 0 Å². The van der Waals surface area contributed by atoms with E-state index < -0.39 is 0 Å². The van der Waals surface area contributed by atoms with Gasteiger partial charge in [0.2, 0.25) is 0 Å². The molecule has 1 aromatic rings. The third-order valence-electron chi connectivity index (χ3n) is 2.23. The predicted octanol–water partition coefficient (Wildman–Crippen LogP) is 1.99. The molecule has 0 N–H and O–H groups in total. The average Bonchev–Trinajstić information content (AvgIpc) is 2.31. The fourth-order valence-corrected chi connectivity index (χ4v) is 1.41. The van der Waals surface area contributed by atoms with Crippen molar-refractivity contribution in [1.82, 2.24) is 4.90 Å². The van der Waals surface area contributed by atoms with Gasteiger partial charge in [0.15, 0.2) is 0 Å². The number of hydrogen-bond acceptors (Lipinski definition) is 2. The number of rotatable bonds is 2. The number of morpholine rings is 1. The molecule has 1 saturated heterocycles. The van der Waals surface area contributed by atoms with Crippen LogP contribution in [0.5, 0.6) is 0 Å². The molecule has 1 heterocycles. The minimum atomic E-state index is 0.567. The van der Waals surface area contributed by atoms with E-state index in [1.807, 2.05) is 36.5 Å². The highest BCUT2D eigenvalue weighted by Crippen LogP contribution is 2.04. The van der Waals surface area contributed by atoms with Crippen LogP contribution in [-0.4, -0.2) is 31.2 Å². The first-order valence-electron chi connectivity index (χ1n) is 5.42. The second-order valence-corrected chi connectivity index (χ2v) is 3.29. The maximum Gasteiger partial charge on any atom is 0.0644 e. The Labute approximate surface area is 86.2 Å². The Morgan fingerprint density at radius 3 is 2.64 bits per heavy atom. The van der Waals surface area contributed by atoms with Crippen molar-refractivity contribution in [3.8, 4) is 0 Å². The van der Waals surface area contributed by atoms with Crippen LogP contribution in [0.2, 0.25) is 0 Å². The second kappa shape index (κ2) is 4.82. The van der Waals surface area contributed by atoms with Gasteiger partial charge in [-0.1, -0.05) is 30.3 Å². The maximum absolute atomic E-state index is 7.93. The molecule has 2 nitrogen and oxygen atoms in total. The second-order valence-electron chi connectivity index (χ2n) is 3.29. The molecule has 2 heteroatoms. The number of hydrogen-bond donors (Lipinski definition) is 0. The Morgan fingerprint density at radius 1 is 1.21 bits per heavy atom. The van der Waals surface area contributed by atoms with Crippen molar-refractivity contribution in [2.45, 2.75) is 0 Å². The molecule has 2 rings (SSSR count). The van der Waals surface area contributed by atoms with Crippen LogP contribution >= 0.6 is 0 Å². The molecule has 1 aromatic carbocycles. The third kappa shape index (κ3) is 2.60. The van der Waals surface area contributed by atoms with Gasteiger partial charge >= 0.3 is 0 Å². The third-order valence-corrected chi connectivity index (χ3v) is 2.23. The first kappa shape index (κ1) is 8.06. The molecule has 0 aromatic heterocycles. The molecule has 1 fully saturated rings. The highest BCUT2D eigenvalue weighted by atomic mass is 16.5. The molecule has 14 heavy (non-hydrogen) atoms. The van der Waals surface area contributed by atoms with Gasteiger partial charge in [-0.25, -0.2) is 0 Å². The molecule has 0 amide bonds. The molecule has 0 saturated carbocycles. The summed E-state index contributed by atoms with van der Waals surface area (Å²) in [5, 5.41) is 0. The summed E-state index contributed by atoms with van der Waals surface area (Å²) in [4.78, 5) is 2.14. The summed E-state index contributed by atoms with van der Waals surface area (Å²) in [7, 11) is 0. The predicted molar refractivity (Wildman–Crippen MR) is 57.9 cm³/mol. The first-order chi connectivity index (χ1) is 7.36. The lowest BCUT2D eigenvalue weighted by Crippen LogP contribution is -2.31. The summed E-state index contributed by atoms with van der Waals surface area (Å²) in [6.45, 7) is 3.29. The van der Waals surface area contributed by atoms with Crippen LogP contribution in [0.4, 0.5) is 0 Å². The van der Waals surface area contributed by atoms with Gasteiger partial charge in [-0.05, 0) is 17.8 Å². The lowest BCUT2D eigenvalue weighted by atomic mass is 10.2.